The van der Waals surface area contributed by atoms with Gasteiger partial charge in [-0.05, 0) is 11.0 Å². The van der Waals surface area contributed by atoms with Crippen molar-refractivity contribution < 1.29 is 9.09 Å². The van der Waals surface area contributed by atoms with Crippen molar-refractivity contribution in [1.82, 2.24) is 0 Å². The van der Waals surface area contributed by atoms with E-state index in [1.807, 2.05) is 36.4 Å². The topological polar surface area (TPSA) is 26.3 Å². The Labute approximate surface area is 81.2 Å². The monoisotopic (exact) mass is 199 g/mol. The van der Waals surface area contributed by atoms with Gasteiger partial charge in [-0.15, -0.1) is 4.52 Å². The van der Waals surface area contributed by atoms with E-state index in [0.717, 1.165) is 12.8 Å². The molecule has 0 aliphatic rings. The minimum Gasteiger partial charge on any atom is -0.148 e. The van der Waals surface area contributed by atoms with Crippen LogP contribution < -0.4 is 0 Å². The molecule has 0 fully saturated rings. The molecule has 0 amide bonds. The van der Waals surface area contributed by atoms with Gasteiger partial charge < -0.3 is 0 Å². The van der Waals surface area contributed by atoms with Crippen molar-refractivity contribution in [3.63, 3.8) is 0 Å². The van der Waals surface area contributed by atoms with Gasteiger partial charge in [0.2, 0.25) is 0 Å². The molecular formula is C10H16O2P+. The molecule has 3 heteroatoms. The van der Waals surface area contributed by atoms with E-state index < -0.39 is 8.69 Å². The van der Waals surface area contributed by atoms with Gasteiger partial charge in [0.15, 0.2) is 0 Å². The van der Waals surface area contributed by atoms with Crippen molar-refractivity contribution in [2.24, 2.45) is 0 Å². The highest BCUT2D eigenvalue weighted by molar-refractivity contribution is 7.17. The fourth-order valence-electron chi connectivity index (χ4n) is 0.643. The first-order valence-corrected chi connectivity index (χ1v) is 5.22. The van der Waals surface area contributed by atoms with E-state index in [-0.39, 0.29) is 0 Å². The predicted octanol–water partition coefficient (Wildman–Crippen LogP) is 3.43. The molecule has 0 saturated carbocycles. The molecule has 2 nitrogen and oxygen atoms in total. The van der Waals surface area contributed by atoms with Crippen LogP contribution in [-0.4, -0.2) is 6.61 Å². The summed E-state index contributed by atoms with van der Waals surface area (Å²) in [5.41, 5.74) is 0. The van der Waals surface area contributed by atoms with Gasteiger partial charge in [0.25, 0.3) is 0 Å². The van der Waals surface area contributed by atoms with Crippen molar-refractivity contribution in [3.8, 4) is 0 Å². The van der Waals surface area contributed by atoms with E-state index in [0.29, 0.717) is 6.61 Å². The van der Waals surface area contributed by atoms with Crippen molar-refractivity contribution in [2.75, 3.05) is 6.61 Å². The van der Waals surface area contributed by atoms with Gasteiger partial charge in [0.1, 0.15) is 6.61 Å². The smallest absolute Gasteiger partial charge is 0.148 e. The lowest BCUT2D eigenvalue weighted by molar-refractivity contribution is 0.334. The van der Waals surface area contributed by atoms with E-state index >= 15 is 0 Å². The average Bonchev–Trinajstić information content (AvgIpc) is 2.22. The lowest BCUT2D eigenvalue weighted by atomic mass is 10.4. The Balaban J connectivity index is 0.000000223. The quantitative estimate of drug-likeness (QED) is 0.548. The molecule has 0 radical (unpaired) electrons. The molecule has 0 bridgehead atoms. The van der Waals surface area contributed by atoms with Crippen LogP contribution in [0.3, 0.4) is 0 Å². The Kier molecular flexibility index (Phi) is 10.7. The Hall–Kier alpha value is -0.720. The zero-order chi connectivity index (χ0) is 9.78. The van der Waals surface area contributed by atoms with Crippen LogP contribution in [0.4, 0.5) is 0 Å². The zero-order valence-electron chi connectivity index (χ0n) is 7.90. The second kappa shape index (κ2) is 11.3. The molecule has 1 unspecified atom stereocenters. The van der Waals surface area contributed by atoms with E-state index in [2.05, 4.69) is 11.4 Å². The molecule has 1 aromatic rings. The SMILES string of the molecule is CCCCO[PH+]=O.c1ccccc1. The van der Waals surface area contributed by atoms with Crippen molar-refractivity contribution in [2.45, 2.75) is 19.8 Å². The van der Waals surface area contributed by atoms with E-state index in [1.54, 1.807) is 0 Å². The van der Waals surface area contributed by atoms with Crippen LogP contribution in [0.15, 0.2) is 36.4 Å². The van der Waals surface area contributed by atoms with Crippen LogP contribution in [-0.2, 0) is 9.09 Å². The molecule has 1 rings (SSSR count). The van der Waals surface area contributed by atoms with Gasteiger partial charge >= 0.3 is 8.69 Å². The maximum atomic E-state index is 9.61. The molecular weight excluding hydrogens is 183 g/mol. The maximum Gasteiger partial charge on any atom is 0.494 e. The molecule has 0 aliphatic carbocycles. The molecule has 0 heterocycles. The molecule has 72 valence electrons. The highest BCUT2D eigenvalue weighted by atomic mass is 31.1. The third kappa shape index (κ3) is 11.3. The third-order valence-electron chi connectivity index (χ3n) is 1.33. The van der Waals surface area contributed by atoms with Crippen LogP contribution in [0.1, 0.15) is 19.8 Å². The number of unbranched alkanes of at least 4 members (excludes halogenated alkanes) is 1. The van der Waals surface area contributed by atoms with Gasteiger partial charge in [-0.25, -0.2) is 0 Å². The number of rotatable bonds is 4. The van der Waals surface area contributed by atoms with Crippen LogP contribution in [0.2, 0.25) is 0 Å². The summed E-state index contributed by atoms with van der Waals surface area (Å²) in [6, 6.07) is 12.0. The van der Waals surface area contributed by atoms with Gasteiger partial charge in [0, 0.05) is 0 Å². The Morgan fingerprint density at radius 2 is 1.54 bits per heavy atom. The molecule has 0 N–H and O–H groups in total. The lowest BCUT2D eigenvalue weighted by Crippen LogP contribution is -1.79. The van der Waals surface area contributed by atoms with Crippen LogP contribution in [0.5, 0.6) is 0 Å². The Morgan fingerprint density at radius 1 is 1.08 bits per heavy atom. The van der Waals surface area contributed by atoms with Crippen LogP contribution in [0.25, 0.3) is 0 Å². The van der Waals surface area contributed by atoms with Crippen molar-refractivity contribution >= 4 is 8.69 Å². The number of benzene rings is 1. The summed E-state index contributed by atoms with van der Waals surface area (Å²) in [7, 11) is -0.582. The van der Waals surface area contributed by atoms with Gasteiger partial charge in [-0.2, -0.15) is 0 Å². The third-order valence-corrected chi connectivity index (χ3v) is 1.65. The molecule has 13 heavy (non-hydrogen) atoms. The largest absolute Gasteiger partial charge is 0.494 e. The molecule has 0 spiro atoms. The van der Waals surface area contributed by atoms with Crippen LogP contribution >= 0.6 is 8.69 Å². The predicted molar refractivity (Wildman–Crippen MR) is 56.3 cm³/mol. The summed E-state index contributed by atoms with van der Waals surface area (Å²) in [4.78, 5) is 0. The van der Waals surface area contributed by atoms with Gasteiger partial charge in [0.05, 0.1) is 0 Å². The fourth-order valence-corrected chi connectivity index (χ4v) is 0.871. The summed E-state index contributed by atoms with van der Waals surface area (Å²) >= 11 is 0. The first-order valence-electron chi connectivity index (χ1n) is 4.40. The Morgan fingerprint density at radius 3 is 1.85 bits per heavy atom. The van der Waals surface area contributed by atoms with E-state index in [9.17, 15) is 4.57 Å². The summed E-state index contributed by atoms with van der Waals surface area (Å²) in [5, 5.41) is 0. The van der Waals surface area contributed by atoms with Crippen molar-refractivity contribution in [3.05, 3.63) is 36.4 Å². The highest BCUT2D eigenvalue weighted by Gasteiger charge is 1.87. The molecule has 1 aromatic carbocycles. The Bertz CT molecular complexity index is 163. The van der Waals surface area contributed by atoms with E-state index in [4.69, 9.17) is 0 Å². The number of hydrogen-bond donors (Lipinski definition) is 0. The second-order valence-corrected chi connectivity index (χ2v) is 2.90. The van der Waals surface area contributed by atoms with Gasteiger partial charge in [-0.3, -0.25) is 0 Å². The normalized spacial score (nSPS) is 9.00. The van der Waals surface area contributed by atoms with E-state index in [1.165, 1.54) is 0 Å². The minimum absolute atomic E-state index is 0.582. The highest BCUT2D eigenvalue weighted by Crippen LogP contribution is 1.96. The second-order valence-electron chi connectivity index (χ2n) is 2.44. The van der Waals surface area contributed by atoms with Crippen molar-refractivity contribution in [1.29, 1.82) is 0 Å². The standard InChI is InChI=1S/C6H6.C4H10O2P/c1-2-4-6-5-3-1;1-2-3-4-6-7-5/h1-6H;7H,2-4H2,1H3/q;+1. The lowest BCUT2D eigenvalue weighted by Gasteiger charge is -1.81. The fraction of sp³-hybridized carbons (Fsp3) is 0.400. The average molecular weight is 199 g/mol. The minimum atomic E-state index is -0.582. The molecule has 0 aliphatic heterocycles. The summed E-state index contributed by atoms with van der Waals surface area (Å²) in [6.07, 6.45) is 2.11. The molecule has 0 saturated heterocycles. The summed E-state index contributed by atoms with van der Waals surface area (Å²) in [6.45, 7) is 2.70. The first kappa shape index (κ1) is 12.3. The zero-order valence-corrected chi connectivity index (χ0v) is 8.90. The van der Waals surface area contributed by atoms with Gasteiger partial charge in [-0.1, -0.05) is 49.7 Å². The summed E-state index contributed by atoms with van der Waals surface area (Å²) < 4.78 is 14.2. The first-order chi connectivity index (χ1) is 6.41. The molecule has 0 aromatic heterocycles. The van der Waals surface area contributed by atoms with Crippen LogP contribution in [0, 0.1) is 0 Å². The summed E-state index contributed by atoms with van der Waals surface area (Å²) in [5.74, 6) is 0. The maximum absolute atomic E-state index is 9.61. The number of hydrogen-bond acceptors (Lipinski definition) is 2. The molecule has 1 atom stereocenters.